The molecule has 0 bridgehead atoms. The first-order chi connectivity index (χ1) is 8.27. The van der Waals surface area contributed by atoms with Gasteiger partial charge in [0.05, 0.1) is 11.3 Å². The molecule has 1 fully saturated rings. The Balaban J connectivity index is 2.41. The summed E-state index contributed by atoms with van der Waals surface area (Å²) in [7, 11) is 0. The SMILES string of the molecule is Cc1cccc(C#N)c1N1CCCCC1CN. The number of piperidine rings is 1. The number of hydrogen-bond donors (Lipinski definition) is 1. The van der Waals surface area contributed by atoms with E-state index in [1.54, 1.807) is 0 Å². The first kappa shape index (κ1) is 11.9. The summed E-state index contributed by atoms with van der Waals surface area (Å²) in [5.41, 5.74) is 8.88. The molecule has 2 rings (SSSR count). The van der Waals surface area contributed by atoms with Crippen molar-refractivity contribution >= 4 is 5.69 Å². The molecule has 1 saturated heterocycles. The number of nitriles is 1. The van der Waals surface area contributed by atoms with Crippen LogP contribution in [-0.4, -0.2) is 19.1 Å². The Bertz CT molecular complexity index is 434. The Morgan fingerprint density at radius 3 is 3.00 bits per heavy atom. The Morgan fingerprint density at radius 1 is 1.47 bits per heavy atom. The van der Waals surface area contributed by atoms with Crippen LogP contribution in [0.5, 0.6) is 0 Å². The highest BCUT2D eigenvalue weighted by Gasteiger charge is 2.24. The average molecular weight is 229 g/mol. The molecule has 1 aliphatic heterocycles. The van der Waals surface area contributed by atoms with Gasteiger partial charge in [-0.05, 0) is 37.8 Å². The van der Waals surface area contributed by atoms with Crippen LogP contribution in [0, 0.1) is 18.3 Å². The second kappa shape index (κ2) is 5.20. The molecule has 1 aromatic carbocycles. The molecule has 1 aliphatic rings. The lowest BCUT2D eigenvalue weighted by atomic mass is 9.98. The van der Waals surface area contributed by atoms with Gasteiger partial charge in [0.1, 0.15) is 6.07 Å². The van der Waals surface area contributed by atoms with Crippen LogP contribution < -0.4 is 10.6 Å². The van der Waals surface area contributed by atoms with Crippen molar-refractivity contribution in [3.8, 4) is 6.07 Å². The molecule has 0 radical (unpaired) electrons. The van der Waals surface area contributed by atoms with Crippen LogP contribution in [0.15, 0.2) is 18.2 Å². The maximum absolute atomic E-state index is 9.22. The van der Waals surface area contributed by atoms with E-state index in [9.17, 15) is 5.26 Å². The first-order valence-corrected chi connectivity index (χ1v) is 6.24. The molecular formula is C14H19N3. The molecule has 3 heteroatoms. The molecule has 1 heterocycles. The van der Waals surface area contributed by atoms with E-state index in [-0.39, 0.29) is 0 Å². The molecule has 0 aromatic heterocycles. The van der Waals surface area contributed by atoms with Gasteiger partial charge >= 0.3 is 0 Å². The Kier molecular flexibility index (Phi) is 3.65. The minimum absolute atomic E-state index is 0.386. The summed E-state index contributed by atoms with van der Waals surface area (Å²) < 4.78 is 0. The van der Waals surface area contributed by atoms with Crippen molar-refractivity contribution in [1.29, 1.82) is 5.26 Å². The summed E-state index contributed by atoms with van der Waals surface area (Å²) in [5, 5.41) is 9.22. The van der Waals surface area contributed by atoms with Crippen LogP contribution >= 0.6 is 0 Å². The minimum Gasteiger partial charge on any atom is -0.366 e. The number of hydrogen-bond acceptors (Lipinski definition) is 3. The molecular weight excluding hydrogens is 210 g/mol. The van der Waals surface area contributed by atoms with Crippen molar-refractivity contribution in [2.45, 2.75) is 32.2 Å². The fraction of sp³-hybridized carbons (Fsp3) is 0.500. The zero-order valence-electron chi connectivity index (χ0n) is 10.3. The molecule has 2 N–H and O–H groups in total. The summed E-state index contributed by atoms with van der Waals surface area (Å²) in [6.07, 6.45) is 3.57. The van der Waals surface area contributed by atoms with Crippen molar-refractivity contribution in [3.63, 3.8) is 0 Å². The molecule has 3 nitrogen and oxygen atoms in total. The van der Waals surface area contributed by atoms with Gasteiger partial charge in [-0.2, -0.15) is 5.26 Å². The predicted molar refractivity (Wildman–Crippen MR) is 69.9 cm³/mol. The Labute approximate surface area is 103 Å². The monoisotopic (exact) mass is 229 g/mol. The van der Waals surface area contributed by atoms with Gasteiger partial charge in [0.25, 0.3) is 0 Å². The summed E-state index contributed by atoms with van der Waals surface area (Å²) in [6.45, 7) is 3.75. The van der Waals surface area contributed by atoms with Gasteiger partial charge in [0.2, 0.25) is 0 Å². The number of nitrogens with two attached hydrogens (primary N) is 1. The van der Waals surface area contributed by atoms with Gasteiger partial charge < -0.3 is 10.6 Å². The smallest absolute Gasteiger partial charge is 0.101 e. The number of para-hydroxylation sites is 1. The summed E-state index contributed by atoms with van der Waals surface area (Å²) in [4.78, 5) is 2.33. The second-order valence-corrected chi connectivity index (χ2v) is 4.66. The van der Waals surface area contributed by atoms with Gasteiger partial charge in [0.15, 0.2) is 0 Å². The number of aryl methyl sites for hydroxylation is 1. The summed E-state index contributed by atoms with van der Waals surface area (Å²) >= 11 is 0. The summed E-state index contributed by atoms with van der Waals surface area (Å²) in [6, 6.07) is 8.59. The fourth-order valence-corrected chi connectivity index (χ4v) is 2.67. The van der Waals surface area contributed by atoms with Gasteiger partial charge in [-0.3, -0.25) is 0 Å². The minimum atomic E-state index is 0.386. The van der Waals surface area contributed by atoms with E-state index in [4.69, 9.17) is 5.73 Å². The molecule has 0 saturated carbocycles. The van der Waals surface area contributed by atoms with E-state index in [0.29, 0.717) is 12.6 Å². The van der Waals surface area contributed by atoms with Gasteiger partial charge in [-0.15, -0.1) is 0 Å². The second-order valence-electron chi connectivity index (χ2n) is 4.66. The van der Waals surface area contributed by atoms with Crippen molar-refractivity contribution < 1.29 is 0 Å². The topological polar surface area (TPSA) is 53.0 Å². The number of anilines is 1. The zero-order chi connectivity index (χ0) is 12.3. The zero-order valence-corrected chi connectivity index (χ0v) is 10.3. The normalized spacial score (nSPS) is 20.1. The summed E-state index contributed by atoms with van der Waals surface area (Å²) in [5.74, 6) is 0. The van der Waals surface area contributed by atoms with Gasteiger partial charge in [0, 0.05) is 19.1 Å². The third kappa shape index (κ3) is 2.27. The van der Waals surface area contributed by atoms with E-state index in [1.807, 2.05) is 12.1 Å². The average Bonchev–Trinajstić information content (AvgIpc) is 2.38. The molecule has 0 aliphatic carbocycles. The van der Waals surface area contributed by atoms with Crippen molar-refractivity contribution in [2.75, 3.05) is 18.0 Å². The third-order valence-electron chi connectivity index (χ3n) is 3.54. The van der Waals surface area contributed by atoms with Crippen LogP contribution in [-0.2, 0) is 0 Å². The van der Waals surface area contributed by atoms with Crippen molar-refractivity contribution in [1.82, 2.24) is 0 Å². The van der Waals surface area contributed by atoms with Gasteiger partial charge in [-0.1, -0.05) is 12.1 Å². The number of nitrogens with zero attached hydrogens (tertiary/aromatic N) is 2. The Morgan fingerprint density at radius 2 is 2.29 bits per heavy atom. The highest BCUT2D eigenvalue weighted by Crippen LogP contribution is 2.30. The number of benzene rings is 1. The lowest BCUT2D eigenvalue weighted by molar-refractivity contribution is 0.464. The quantitative estimate of drug-likeness (QED) is 0.845. The first-order valence-electron chi connectivity index (χ1n) is 6.24. The van der Waals surface area contributed by atoms with Crippen LogP contribution in [0.25, 0.3) is 0 Å². The van der Waals surface area contributed by atoms with Crippen LogP contribution in [0.4, 0.5) is 5.69 Å². The maximum atomic E-state index is 9.22. The molecule has 90 valence electrons. The lowest BCUT2D eigenvalue weighted by Crippen LogP contribution is -2.44. The van der Waals surface area contributed by atoms with E-state index >= 15 is 0 Å². The molecule has 0 amide bonds. The van der Waals surface area contributed by atoms with Crippen LogP contribution in [0.3, 0.4) is 0 Å². The van der Waals surface area contributed by atoms with Crippen LogP contribution in [0.2, 0.25) is 0 Å². The fourth-order valence-electron chi connectivity index (χ4n) is 2.67. The van der Waals surface area contributed by atoms with Crippen LogP contribution in [0.1, 0.15) is 30.4 Å². The van der Waals surface area contributed by atoms with E-state index < -0.39 is 0 Å². The highest BCUT2D eigenvalue weighted by atomic mass is 15.2. The largest absolute Gasteiger partial charge is 0.366 e. The lowest BCUT2D eigenvalue weighted by Gasteiger charge is -2.38. The van der Waals surface area contributed by atoms with E-state index in [1.165, 1.54) is 18.4 Å². The van der Waals surface area contributed by atoms with E-state index in [2.05, 4.69) is 24.0 Å². The molecule has 1 aromatic rings. The third-order valence-corrected chi connectivity index (χ3v) is 3.54. The molecule has 1 unspecified atom stereocenters. The number of rotatable bonds is 2. The Hall–Kier alpha value is -1.53. The predicted octanol–water partition coefficient (Wildman–Crippen LogP) is 2.18. The van der Waals surface area contributed by atoms with E-state index in [0.717, 1.165) is 24.2 Å². The highest BCUT2D eigenvalue weighted by molar-refractivity contribution is 5.64. The molecule has 17 heavy (non-hydrogen) atoms. The van der Waals surface area contributed by atoms with Crippen molar-refractivity contribution in [2.24, 2.45) is 5.73 Å². The van der Waals surface area contributed by atoms with Gasteiger partial charge in [-0.25, -0.2) is 0 Å². The molecule has 1 atom stereocenters. The van der Waals surface area contributed by atoms with Crippen molar-refractivity contribution in [3.05, 3.63) is 29.3 Å². The standard InChI is InChI=1S/C14H19N3/c1-11-5-4-6-12(9-15)14(11)17-8-3-2-7-13(17)10-16/h4-6,13H,2-3,7-8,10,16H2,1H3. The molecule has 0 spiro atoms. The maximum Gasteiger partial charge on any atom is 0.101 e.